The van der Waals surface area contributed by atoms with Crippen molar-refractivity contribution < 1.29 is 22.8 Å². The Morgan fingerprint density at radius 3 is 2.48 bits per heavy atom. The first kappa shape index (κ1) is 21.6. The minimum atomic E-state index is -0.684. The quantitative estimate of drug-likeness (QED) is 0.541. The molecule has 2 aliphatic rings. The van der Waals surface area contributed by atoms with Gasteiger partial charge in [-0.25, -0.2) is 13.2 Å². The number of H-pyrrole nitrogens is 1. The molecule has 5 nitrogen and oxygen atoms in total. The second kappa shape index (κ2) is 7.93. The summed E-state index contributed by atoms with van der Waals surface area (Å²) in [5, 5.41) is 6.29. The first-order valence-electron chi connectivity index (χ1n) is 11.1. The van der Waals surface area contributed by atoms with E-state index in [1.54, 1.807) is 12.1 Å². The molecule has 0 radical (unpaired) electrons. The minimum Gasteiger partial charge on any atom is -0.355 e. The van der Waals surface area contributed by atoms with Gasteiger partial charge in [-0.3, -0.25) is 9.59 Å². The van der Waals surface area contributed by atoms with E-state index in [1.165, 1.54) is 18.2 Å². The summed E-state index contributed by atoms with van der Waals surface area (Å²) in [4.78, 5) is 27.4. The van der Waals surface area contributed by atoms with Gasteiger partial charge >= 0.3 is 0 Å². The highest BCUT2D eigenvalue weighted by Gasteiger charge is 2.41. The molecule has 2 amide bonds. The van der Waals surface area contributed by atoms with Gasteiger partial charge in [0.1, 0.15) is 17.5 Å². The predicted octanol–water partition coefficient (Wildman–Crippen LogP) is 4.53. The van der Waals surface area contributed by atoms with Crippen molar-refractivity contribution in [2.24, 2.45) is 5.41 Å². The third-order valence-corrected chi connectivity index (χ3v) is 7.01. The standard InChI is InChI=1S/C25H24F3N3O2/c1-25(7-6-20(32)29-12-25)24(33)30-17-8-14(9-17)21-18-10-16(27)11-19(28)23(18)31-22(21)13-2-4-15(26)5-3-13/h2-5,10-11,14,17,31H,6-9,12H2,1H3,(H,29,32)(H,30,33). The van der Waals surface area contributed by atoms with Gasteiger partial charge in [0.05, 0.1) is 16.6 Å². The van der Waals surface area contributed by atoms with Crippen LogP contribution in [0.3, 0.4) is 0 Å². The summed E-state index contributed by atoms with van der Waals surface area (Å²) < 4.78 is 42.0. The molecule has 2 fully saturated rings. The lowest BCUT2D eigenvalue weighted by Crippen LogP contribution is -2.54. The summed E-state index contributed by atoms with van der Waals surface area (Å²) in [6.07, 6.45) is 2.06. The average Bonchev–Trinajstić information content (AvgIpc) is 3.12. The van der Waals surface area contributed by atoms with E-state index in [9.17, 15) is 22.8 Å². The zero-order chi connectivity index (χ0) is 23.3. The second-order valence-electron chi connectivity index (χ2n) is 9.41. The number of nitrogens with one attached hydrogen (secondary N) is 3. The molecule has 0 spiro atoms. The Balaban J connectivity index is 1.40. The number of piperidine rings is 1. The lowest BCUT2D eigenvalue weighted by molar-refractivity contribution is -0.135. The van der Waals surface area contributed by atoms with Crippen LogP contribution in [0, 0.1) is 22.9 Å². The molecule has 1 aromatic heterocycles. The van der Waals surface area contributed by atoms with Crippen molar-refractivity contribution in [3.05, 3.63) is 59.4 Å². The van der Waals surface area contributed by atoms with E-state index in [0.717, 1.165) is 11.6 Å². The zero-order valence-electron chi connectivity index (χ0n) is 18.1. The van der Waals surface area contributed by atoms with Gasteiger partial charge in [0, 0.05) is 30.5 Å². The summed E-state index contributed by atoms with van der Waals surface area (Å²) in [6.45, 7) is 2.15. The SMILES string of the molecule is CC1(C(=O)NC2CC(c3c(-c4ccc(F)cc4)[nH]c4c(F)cc(F)cc34)C2)CCC(=O)NC1. The number of benzene rings is 2. The van der Waals surface area contributed by atoms with Gasteiger partial charge in [-0.15, -0.1) is 0 Å². The zero-order valence-corrected chi connectivity index (χ0v) is 18.1. The molecule has 5 rings (SSSR count). The largest absolute Gasteiger partial charge is 0.355 e. The number of aromatic nitrogens is 1. The van der Waals surface area contributed by atoms with E-state index in [4.69, 9.17) is 0 Å². The minimum absolute atomic E-state index is 0.0239. The van der Waals surface area contributed by atoms with Gasteiger partial charge in [0.2, 0.25) is 11.8 Å². The molecule has 1 unspecified atom stereocenters. The van der Waals surface area contributed by atoms with Crippen molar-refractivity contribution in [2.75, 3.05) is 6.54 Å². The predicted molar refractivity (Wildman–Crippen MR) is 118 cm³/mol. The first-order valence-corrected chi connectivity index (χ1v) is 11.1. The molecule has 2 aromatic carbocycles. The molecule has 1 atom stereocenters. The van der Waals surface area contributed by atoms with Crippen molar-refractivity contribution >= 4 is 22.7 Å². The van der Waals surface area contributed by atoms with Crippen molar-refractivity contribution in [2.45, 2.75) is 44.6 Å². The molecule has 8 heteroatoms. The van der Waals surface area contributed by atoms with E-state index < -0.39 is 17.0 Å². The fraction of sp³-hybridized carbons (Fsp3) is 0.360. The third kappa shape index (κ3) is 3.87. The summed E-state index contributed by atoms with van der Waals surface area (Å²) in [5.41, 5.74) is 1.65. The van der Waals surface area contributed by atoms with Crippen LogP contribution in [0.5, 0.6) is 0 Å². The molecule has 1 saturated carbocycles. The Kier molecular flexibility index (Phi) is 5.18. The van der Waals surface area contributed by atoms with E-state index in [0.29, 0.717) is 48.9 Å². The van der Waals surface area contributed by atoms with Gasteiger partial charge in [0.15, 0.2) is 0 Å². The lowest BCUT2D eigenvalue weighted by Gasteiger charge is -2.40. The number of halogens is 3. The van der Waals surface area contributed by atoms with E-state index >= 15 is 0 Å². The normalized spacial score (nSPS) is 24.9. The van der Waals surface area contributed by atoms with Crippen LogP contribution in [0.4, 0.5) is 13.2 Å². The monoisotopic (exact) mass is 455 g/mol. The Hall–Kier alpha value is -3.29. The molecule has 172 valence electrons. The molecule has 1 aliphatic heterocycles. The molecular formula is C25H24F3N3O2. The molecule has 1 aliphatic carbocycles. The highest BCUT2D eigenvalue weighted by molar-refractivity contribution is 5.92. The van der Waals surface area contributed by atoms with E-state index in [2.05, 4.69) is 15.6 Å². The maximum atomic E-state index is 14.5. The van der Waals surface area contributed by atoms with Crippen LogP contribution in [-0.2, 0) is 9.59 Å². The van der Waals surface area contributed by atoms with Crippen molar-refractivity contribution in [1.29, 1.82) is 0 Å². The second-order valence-corrected chi connectivity index (χ2v) is 9.41. The highest BCUT2D eigenvalue weighted by atomic mass is 19.1. The van der Waals surface area contributed by atoms with Gasteiger partial charge in [-0.1, -0.05) is 0 Å². The average molecular weight is 455 g/mol. The van der Waals surface area contributed by atoms with Gasteiger partial charge in [0.25, 0.3) is 0 Å². The number of carbonyl (C=O) groups excluding carboxylic acids is 2. The Morgan fingerprint density at radius 2 is 1.82 bits per heavy atom. The molecule has 0 bridgehead atoms. The van der Waals surface area contributed by atoms with Crippen LogP contribution >= 0.6 is 0 Å². The van der Waals surface area contributed by atoms with Crippen molar-refractivity contribution in [3.8, 4) is 11.3 Å². The topological polar surface area (TPSA) is 74.0 Å². The van der Waals surface area contributed by atoms with Crippen LogP contribution in [0.1, 0.15) is 44.1 Å². The van der Waals surface area contributed by atoms with Crippen LogP contribution in [-0.4, -0.2) is 29.4 Å². The number of rotatable bonds is 4. The van der Waals surface area contributed by atoms with E-state index in [1.807, 2.05) is 6.92 Å². The fourth-order valence-electron chi connectivity index (χ4n) is 4.89. The fourth-order valence-corrected chi connectivity index (χ4v) is 4.89. The van der Waals surface area contributed by atoms with Crippen molar-refractivity contribution in [3.63, 3.8) is 0 Å². The maximum absolute atomic E-state index is 14.5. The smallest absolute Gasteiger partial charge is 0.227 e. The summed E-state index contributed by atoms with van der Waals surface area (Å²) in [5.74, 6) is -1.90. The number of amides is 2. The molecular weight excluding hydrogens is 431 g/mol. The van der Waals surface area contributed by atoms with Gasteiger partial charge < -0.3 is 15.6 Å². The molecule has 33 heavy (non-hydrogen) atoms. The van der Waals surface area contributed by atoms with Crippen molar-refractivity contribution in [1.82, 2.24) is 15.6 Å². The maximum Gasteiger partial charge on any atom is 0.227 e. The number of aromatic amines is 1. The molecule has 1 saturated heterocycles. The van der Waals surface area contributed by atoms with Crippen LogP contribution in [0.25, 0.3) is 22.2 Å². The summed E-state index contributed by atoms with van der Waals surface area (Å²) in [6, 6.07) is 7.95. The number of carbonyl (C=O) groups is 2. The van der Waals surface area contributed by atoms with Crippen LogP contribution in [0.2, 0.25) is 0 Å². The Labute approximate surface area is 188 Å². The van der Waals surface area contributed by atoms with Gasteiger partial charge in [-0.2, -0.15) is 0 Å². The third-order valence-electron chi connectivity index (χ3n) is 7.01. The number of hydrogen-bond acceptors (Lipinski definition) is 2. The molecule has 2 heterocycles. The van der Waals surface area contributed by atoms with Crippen LogP contribution in [0.15, 0.2) is 36.4 Å². The van der Waals surface area contributed by atoms with E-state index in [-0.39, 0.29) is 35.1 Å². The lowest BCUT2D eigenvalue weighted by atomic mass is 9.73. The Morgan fingerprint density at radius 1 is 1.09 bits per heavy atom. The summed E-state index contributed by atoms with van der Waals surface area (Å²) >= 11 is 0. The first-order chi connectivity index (χ1) is 15.7. The highest BCUT2D eigenvalue weighted by Crippen LogP contribution is 2.46. The molecule has 3 N–H and O–H groups in total. The van der Waals surface area contributed by atoms with Gasteiger partial charge in [-0.05, 0) is 73.6 Å². The Bertz CT molecular complexity index is 1240. The number of hydrogen-bond donors (Lipinski definition) is 3. The number of fused-ring (bicyclic) bond motifs is 1. The van der Waals surface area contributed by atoms with Crippen LogP contribution < -0.4 is 10.6 Å². The summed E-state index contributed by atoms with van der Waals surface area (Å²) in [7, 11) is 0. The molecule has 3 aromatic rings.